The minimum Gasteiger partial charge on any atom is -0.277 e. The molecule has 6 nitrogen and oxygen atoms in total. The van der Waals surface area contributed by atoms with Crippen LogP contribution in [0.1, 0.15) is 0 Å². The first-order chi connectivity index (χ1) is 15.3. The number of anilines is 1. The van der Waals surface area contributed by atoms with E-state index >= 15 is 0 Å². The van der Waals surface area contributed by atoms with Crippen molar-refractivity contribution in [2.45, 2.75) is 9.10 Å². The second kappa shape index (κ2) is 7.63. The third-order valence-corrected chi connectivity index (χ3v) is 9.84. The van der Waals surface area contributed by atoms with Gasteiger partial charge in [0.15, 0.2) is 0 Å². The smallest absolute Gasteiger partial charge is 0.277 e. The molecule has 2 heterocycles. The van der Waals surface area contributed by atoms with Gasteiger partial charge in [-0.05, 0) is 53.9 Å². The second-order valence-electron chi connectivity index (χ2n) is 7.02. The number of rotatable bonds is 5. The summed E-state index contributed by atoms with van der Waals surface area (Å²) in [6.07, 6.45) is 1.43. The summed E-state index contributed by atoms with van der Waals surface area (Å²) in [6.45, 7) is 0. The Hall–Kier alpha value is -2.85. The van der Waals surface area contributed by atoms with E-state index < -0.39 is 20.0 Å². The van der Waals surface area contributed by atoms with Gasteiger partial charge in [-0.1, -0.05) is 41.9 Å². The van der Waals surface area contributed by atoms with Gasteiger partial charge in [0.25, 0.3) is 20.0 Å². The molecule has 0 radical (unpaired) electrons. The summed E-state index contributed by atoms with van der Waals surface area (Å²) in [5.74, 6) is 0. The van der Waals surface area contributed by atoms with Crippen LogP contribution < -0.4 is 4.72 Å². The molecule has 0 aliphatic carbocycles. The first-order valence-electron chi connectivity index (χ1n) is 9.38. The van der Waals surface area contributed by atoms with Crippen molar-refractivity contribution in [1.29, 1.82) is 0 Å². The molecule has 0 aliphatic rings. The van der Waals surface area contributed by atoms with Crippen molar-refractivity contribution in [2.24, 2.45) is 0 Å². The predicted molar refractivity (Wildman–Crippen MR) is 129 cm³/mol. The molecule has 0 amide bonds. The van der Waals surface area contributed by atoms with Crippen molar-refractivity contribution < 1.29 is 16.8 Å². The fourth-order valence-corrected chi connectivity index (χ4v) is 7.50. The number of hydrogen-bond acceptors (Lipinski definition) is 5. The van der Waals surface area contributed by atoms with Gasteiger partial charge in [-0.3, -0.25) is 4.72 Å². The molecule has 0 unspecified atom stereocenters. The van der Waals surface area contributed by atoms with E-state index in [1.807, 2.05) is 24.3 Å². The van der Waals surface area contributed by atoms with Crippen LogP contribution in [0.15, 0.2) is 94.2 Å². The lowest BCUT2D eigenvalue weighted by Crippen LogP contribution is -2.15. The van der Waals surface area contributed by atoms with Gasteiger partial charge in [0.2, 0.25) is 0 Å². The summed E-state index contributed by atoms with van der Waals surface area (Å²) >= 11 is 7.03. The van der Waals surface area contributed by atoms with E-state index in [1.54, 1.807) is 24.3 Å². The van der Waals surface area contributed by atoms with Crippen LogP contribution >= 0.6 is 22.9 Å². The lowest BCUT2D eigenvalue weighted by molar-refractivity contribution is 0.590. The minimum absolute atomic E-state index is 0.0179. The summed E-state index contributed by atoms with van der Waals surface area (Å²) in [5.41, 5.74) is 0.412. The highest BCUT2D eigenvalue weighted by Crippen LogP contribution is 2.34. The third-order valence-electron chi connectivity index (χ3n) is 4.96. The zero-order chi connectivity index (χ0) is 22.5. The number of hydrogen-bond donors (Lipinski definition) is 1. The van der Waals surface area contributed by atoms with E-state index in [-0.39, 0.29) is 20.3 Å². The molecule has 1 N–H and O–H groups in total. The van der Waals surface area contributed by atoms with Crippen LogP contribution in [0.2, 0.25) is 5.02 Å². The molecule has 32 heavy (non-hydrogen) atoms. The Morgan fingerprint density at radius 2 is 1.53 bits per heavy atom. The Bertz CT molecular complexity index is 1650. The molecule has 0 spiro atoms. The maximum atomic E-state index is 13.5. The molecule has 0 saturated carbocycles. The van der Waals surface area contributed by atoms with Crippen LogP contribution in [0.25, 0.3) is 21.0 Å². The van der Waals surface area contributed by atoms with Crippen molar-refractivity contribution in [3.8, 4) is 0 Å². The van der Waals surface area contributed by atoms with Crippen molar-refractivity contribution in [2.75, 3.05) is 4.72 Å². The number of nitrogens with zero attached hydrogens (tertiary/aromatic N) is 1. The quantitative estimate of drug-likeness (QED) is 0.341. The fraction of sp³-hybridized carbons (Fsp3) is 0. The van der Waals surface area contributed by atoms with Crippen LogP contribution in [-0.2, 0) is 20.0 Å². The van der Waals surface area contributed by atoms with E-state index in [4.69, 9.17) is 11.6 Å². The molecule has 5 rings (SSSR count). The Kier molecular flexibility index (Phi) is 5.01. The molecular formula is C22H15ClN2O4S3. The number of aromatic nitrogens is 1. The second-order valence-corrected chi connectivity index (χ2v) is 12.3. The van der Waals surface area contributed by atoms with E-state index in [0.29, 0.717) is 10.4 Å². The van der Waals surface area contributed by atoms with Crippen LogP contribution in [-0.4, -0.2) is 20.8 Å². The molecule has 3 aromatic carbocycles. The van der Waals surface area contributed by atoms with E-state index in [1.165, 1.54) is 47.9 Å². The Morgan fingerprint density at radius 1 is 0.812 bits per heavy atom. The molecule has 0 saturated heterocycles. The van der Waals surface area contributed by atoms with Crippen LogP contribution in [0.5, 0.6) is 0 Å². The number of sulfonamides is 1. The van der Waals surface area contributed by atoms with E-state index in [9.17, 15) is 16.8 Å². The van der Waals surface area contributed by atoms with Crippen molar-refractivity contribution in [3.63, 3.8) is 0 Å². The lowest BCUT2D eigenvalue weighted by atomic mass is 10.2. The molecule has 0 aliphatic heterocycles. The maximum Gasteiger partial charge on any atom is 0.277 e. The first-order valence-corrected chi connectivity index (χ1v) is 13.5. The van der Waals surface area contributed by atoms with Gasteiger partial charge in [0.05, 0.1) is 16.1 Å². The molecule has 2 aromatic heterocycles. The zero-order valence-electron chi connectivity index (χ0n) is 16.3. The molecule has 0 fully saturated rings. The summed E-state index contributed by atoms with van der Waals surface area (Å²) in [7, 11) is -7.91. The van der Waals surface area contributed by atoms with Crippen molar-refractivity contribution >= 4 is 69.7 Å². The summed E-state index contributed by atoms with van der Waals surface area (Å²) in [5, 5.41) is 1.83. The highest BCUT2D eigenvalue weighted by Gasteiger charge is 2.24. The largest absolute Gasteiger partial charge is 0.277 e. The van der Waals surface area contributed by atoms with Crippen LogP contribution in [0, 0.1) is 0 Å². The van der Waals surface area contributed by atoms with Gasteiger partial charge < -0.3 is 0 Å². The van der Waals surface area contributed by atoms with Gasteiger partial charge in [0, 0.05) is 21.3 Å². The zero-order valence-corrected chi connectivity index (χ0v) is 19.5. The SMILES string of the molecule is O=S(=O)(Nc1cccc2ccn(S(=O)(=O)c3cc4ccccc4s3)c12)c1ccc(Cl)cc1. The lowest BCUT2D eigenvalue weighted by Gasteiger charge is -2.12. The molecular weight excluding hydrogens is 488 g/mol. The van der Waals surface area contributed by atoms with E-state index in [0.717, 1.165) is 14.1 Å². The number of para-hydroxylation sites is 1. The number of nitrogens with one attached hydrogen (secondary N) is 1. The predicted octanol–water partition coefficient (Wildman–Crippen LogP) is 5.55. The van der Waals surface area contributed by atoms with Gasteiger partial charge >= 0.3 is 0 Å². The number of thiophene rings is 1. The van der Waals surface area contributed by atoms with Gasteiger partial charge in [0.1, 0.15) is 4.21 Å². The van der Waals surface area contributed by atoms with Crippen LogP contribution in [0.4, 0.5) is 5.69 Å². The fourth-order valence-electron chi connectivity index (χ4n) is 3.45. The van der Waals surface area contributed by atoms with Gasteiger partial charge in [-0.15, -0.1) is 11.3 Å². The van der Waals surface area contributed by atoms with Crippen molar-refractivity contribution in [3.05, 3.63) is 90.1 Å². The molecule has 0 bridgehead atoms. The van der Waals surface area contributed by atoms with Gasteiger partial charge in [-0.2, -0.15) is 8.42 Å². The maximum absolute atomic E-state index is 13.5. The third kappa shape index (κ3) is 3.57. The highest BCUT2D eigenvalue weighted by atomic mass is 35.5. The highest BCUT2D eigenvalue weighted by molar-refractivity contribution is 7.93. The minimum atomic E-state index is -3.96. The Balaban J connectivity index is 1.64. The molecule has 10 heteroatoms. The molecule has 162 valence electrons. The number of fused-ring (bicyclic) bond motifs is 2. The van der Waals surface area contributed by atoms with Gasteiger partial charge in [-0.25, -0.2) is 12.4 Å². The Labute approximate surface area is 193 Å². The summed E-state index contributed by atoms with van der Waals surface area (Å²) < 4.78 is 57.5. The monoisotopic (exact) mass is 502 g/mol. The summed E-state index contributed by atoms with van der Waals surface area (Å²) in [6, 6.07) is 21.3. The standard InChI is InChI=1S/C22H15ClN2O4S3/c23-17-8-10-18(11-9-17)31(26,27)24-19-6-3-5-15-12-13-25(22(15)19)32(28,29)21-14-16-4-1-2-7-20(16)30-21/h1-14,24H. The number of benzene rings is 3. The van der Waals surface area contributed by atoms with Crippen LogP contribution in [0.3, 0.4) is 0 Å². The summed E-state index contributed by atoms with van der Waals surface area (Å²) in [4.78, 5) is 0.0179. The average Bonchev–Trinajstić information content (AvgIpc) is 3.39. The normalized spacial score (nSPS) is 12.4. The molecule has 0 atom stereocenters. The average molecular weight is 503 g/mol. The Morgan fingerprint density at radius 3 is 2.28 bits per heavy atom. The van der Waals surface area contributed by atoms with Crippen molar-refractivity contribution in [1.82, 2.24) is 3.97 Å². The number of halogens is 1. The van der Waals surface area contributed by atoms with E-state index in [2.05, 4.69) is 4.72 Å². The first kappa shape index (κ1) is 21.0. The topological polar surface area (TPSA) is 85.2 Å². The molecule has 5 aromatic rings.